The van der Waals surface area contributed by atoms with E-state index < -0.39 is 18.1 Å². The quantitative estimate of drug-likeness (QED) is 0.319. The van der Waals surface area contributed by atoms with Crippen LogP contribution in [0.4, 0.5) is 4.79 Å². The fourth-order valence-corrected chi connectivity index (χ4v) is 0. The Hall–Kier alpha value is -0.830. The van der Waals surface area contributed by atoms with Crippen molar-refractivity contribution in [3.05, 3.63) is 0 Å². The van der Waals surface area contributed by atoms with Crippen molar-refractivity contribution >= 4 is 18.1 Å². The molecule has 0 aromatic rings. The zero-order valence-corrected chi connectivity index (χ0v) is 9.76. The number of hydrogen-bond acceptors (Lipinski definition) is 5. The first kappa shape index (κ1) is 23.2. The number of hydrogen-bond donors (Lipinski definition) is 4. The van der Waals surface area contributed by atoms with Gasteiger partial charge in [-0.1, -0.05) is 0 Å². The van der Waals surface area contributed by atoms with Crippen LogP contribution in [0.15, 0.2) is 0 Å². The van der Waals surface area contributed by atoms with E-state index in [1.165, 1.54) is 0 Å². The van der Waals surface area contributed by atoms with Crippen LogP contribution in [0, 0.1) is 0 Å². The molecule has 0 heterocycles. The fourth-order valence-electron chi connectivity index (χ4n) is 0. The van der Waals surface area contributed by atoms with E-state index >= 15 is 0 Å². The van der Waals surface area contributed by atoms with Gasteiger partial charge in [0, 0.05) is 6.92 Å². The Morgan fingerprint density at radius 2 is 1.29 bits per heavy atom. The van der Waals surface area contributed by atoms with Gasteiger partial charge >= 0.3 is 35.5 Å². The Kier molecular flexibility index (Phi) is 29.9. The molecule has 0 fully saturated rings. The van der Waals surface area contributed by atoms with Crippen molar-refractivity contribution in [3.63, 3.8) is 0 Å². The molecule has 0 aliphatic heterocycles. The molecule has 14 heavy (non-hydrogen) atoms. The van der Waals surface area contributed by atoms with Crippen LogP contribution < -0.4 is 40.4 Å². The largest absolute Gasteiger partial charge is 1.00 e. The Morgan fingerprint density at radius 1 is 1.21 bits per heavy atom. The Labute approximate surface area is 102 Å². The summed E-state index contributed by atoms with van der Waals surface area (Å²) in [6.07, 6.45) is -2.08. The zero-order valence-electron chi connectivity index (χ0n) is 7.76. The van der Waals surface area contributed by atoms with E-state index in [0.717, 1.165) is 6.92 Å². The molecule has 0 spiro atoms. The minimum atomic E-state index is -2.08. The standard InChI is InChI=1S/C2H5NO2.C2H4O2.CH2O3.Na/c3-1-2(4)5;1-2(3)4;2-1(3)4;/h1,3H2,(H,4,5);1H3,(H,3,4);(H2,2,3,4);/q;;;+1/p-1. The SMILES string of the molecule is CC(=O)O.NCC(=O)O.O=C([O-])O.[Na+]. The second-order valence-corrected chi connectivity index (χ2v) is 1.38. The molecule has 5 N–H and O–H groups in total. The zero-order chi connectivity index (χ0) is 11.4. The molecule has 0 saturated heterocycles. The topological polar surface area (TPSA) is 161 Å². The van der Waals surface area contributed by atoms with Crippen LogP contribution >= 0.6 is 0 Å². The first-order valence-corrected chi connectivity index (χ1v) is 2.75. The molecule has 0 atom stereocenters. The number of aliphatic carboxylic acids is 2. The van der Waals surface area contributed by atoms with Gasteiger partial charge in [-0.05, 0) is 0 Å². The van der Waals surface area contributed by atoms with Crippen LogP contribution in [0.3, 0.4) is 0 Å². The molecule has 0 aliphatic rings. The van der Waals surface area contributed by atoms with Crippen LogP contribution in [0.25, 0.3) is 0 Å². The number of carbonyl (C=O) groups is 3. The van der Waals surface area contributed by atoms with Crippen molar-refractivity contribution in [3.8, 4) is 0 Å². The van der Waals surface area contributed by atoms with E-state index in [2.05, 4.69) is 5.73 Å². The van der Waals surface area contributed by atoms with Crippen LogP contribution in [-0.2, 0) is 9.59 Å². The number of carboxylic acids is 2. The van der Waals surface area contributed by atoms with Gasteiger partial charge in [0.2, 0.25) is 6.16 Å². The average molecular weight is 219 g/mol. The molecule has 0 bridgehead atoms. The molecular formula is C5H10NNaO7. The summed E-state index contributed by atoms with van der Waals surface area (Å²) in [5.74, 6) is -1.80. The molecule has 0 radical (unpaired) electrons. The molecule has 78 valence electrons. The first-order valence-electron chi connectivity index (χ1n) is 2.75. The summed E-state index contributed by atoms with van der Waals surface area (Å²) < 4.78 is 0. The van der Waals surface area contributed by atoms with E-state index in [4.69, 9.17) is 30.0 Å². The number of nitrogens with two attached hydrogens (primary N) is 1. The van der Waals surface area contributed by atoms with Crippen molar-refractivity contribution in [1.29, 1.82) is 0 Å². The molecule has 0 unspecified atom stereocenters. The molecule has 0 aromatic carbocycles. The maximum absolute atomic E-state index is 9.24. The summed E-state index contributed by atoms with van der Waals surface area (Å²) in [6, 6.07) is 0. The van der Waals surface area contributed by atoms with Crippen molar-refractivity contribution in [2.45, 2.75) is 6.92 Å². The van der Waals surface area contributed by atoms with E-state index in [1.54, 1.807) is 0 Å². The molecule has 9 heteroatoms. The van der Waals surface area contributed by atoms with Crippen LogP contribution in [0.1, 0.15) is 6.92 Å². The summed E-state index contributed by atoms with van der Waals surface area (Å²) in [6.45, 7) is 0.806. The van der Waals surface area contributed by atoms with Crippen molar-refractivity contribution < 1.29 is 64.4 Å². The Morgan fingerprint density at radius 3 is 1.29 bits per heavy atom. The van der Waals surface area contributed by atoms with Crippen molar-refractivity contribution in [2.75, 3.05) is 6.54 Å². The molecule has 0 rings (SSSR count). The first-order chi connectivity index (χ1) is 5.73. The fraction of sp³-hybridized carbons (Fsp3) is 0.400. The molecule has 0 aliphatic carbocycles. The summed E-state index contributed by atoms with van der Waals surface area (Å²) in [5, 5.41) is 30.3. The van der Waals surface area contributed by atoms with Crippen LogP contribution in [0.5, 0.6) is 0 Å². The maximum atomic E-state index is 9.24. The summed E-state index contributed by atoms with van der Waals surface area (Å²) in [7, 11) is 0. The molecule has 0 amide bonds. The number of carboxylic acid groups (broad SMARTS) is 4. The van der Waals surface area contributed by atoms with Crippen molar-refractivity contribution in [2.24, 2.45) is 5.73 Å². The second kappa shape index (κ2) is 18.1. The molecule has 8 nitrogen and oxygen atoms in total. The third-order valence-electron chi connectivity index (χ3n) is 0.175. The average Bonchev–Trinajstić information content (AvgIpc) is 1.84. The normalized spacial score (nSPS) is 6.14. The monoisotopic (exact) mass is 219 g/mol. The van der Waals surface area contributed by atoms with Gasteiger partial charge in [-0.2, -0.15) is 0 Å². The van der Waals surface area contributed by atoms with Gasteiger partial charge in [-0.15, -0.1) is 0 Å². The van der Waals surface area contributed by atoms with E-state index in [9.17, 15) is 4.79 Å². The van der Waals surface area contributed by atoms with Gasteiger partial charge in [0.25, 0.3) is 5.97 Å². The molecular weight excluding hydrogens is 209 g/mol. The Bertz CT molecular complexity index is 151. The Balaban J connectivity index is -0.0000000522. The van der Waals surface area contributed by atoms with E-state index in [0.29, 0.717) is 0 Å². The van der Waals surface area contributed by atoms with Crippen LogP contribution in [-0.4, -0.2) is 40.0 Å². The van der Waals surface area contributed by atoms with Crippen molar-refractivity contribution in [1.82, 2.24) is 0 Å². The summed E-state index contributed by atoms with van der Waals surface area (Å²) >= 11 is 0. The third-order valence-corrected chi connectivity index (χ3v) is 0.175. The maximum Gasteiger partial charge on any atom is 1.00 e. The van der Waals surface area contributed by atoms with Gasteiger partial charge in [0.1, 0.15) is 0 Å². The smallest absolute Gasteiger partial charge is 0.565 e. The second-order valence-electron chi connectivity index (χ2n) is 1.38. The minimum absolute atomic E-state index is 0. The number of rotatable bonds is 1. The predicted molar refractivity (Wildman–Crippen MR) is 38.0 cm³/mol. The predicted octanol–water partition coefficient (Wildman–Crippen LogP) is -4.99. The van der Waals surface area contributed by atoms with Crippen LogP contribution in [0.2, 0.25) is 0 Å². The van der Waals surface area contributed by atoms with E-state index in [1.807, 2.05) is 0 Å². The molecule has 0 saturated carbocycles. The van der Waals surface area contributed by atoms with Gasteiger partial charge in [-0.25, -0.2) is 0 Å². The summed E-state index contributed by atoms with van der Waals surface area (Å²) in [4.78, 5) is 26.7. The molecule has 0 aromatic heterocycles. The van der Waals surface area contributed by atoms with Gasteiger partial charge in [0.05, 0.1) is 6.54 Å². The van der Waals surface area contributed by atoms with Gasteiger partial charge in [0.15, 0.2) is 0 Å². The summed E-state index contributed by atoms with van der Waals surface area (Å²) in [5.41, 5.74) is 4.57. The van der Waals surface area contributed by atoms with E-state index in [-0.39, 0.29) is 36.1 Å². The van der Waals surface area contributed by atoms with Gasteiger partial charge in [-0.3, -0.25) is 9.59 Å². The van der Waals surface area contributed by atoms with Gasteiger partial charge < -0.3 is 31.0 Å². The third kappa shape index (κ3) is 844. The minimum Gasteiger partial charge on any atom is -0.565 e.